The lowest BCUT2D eigenvalue weighted by molar-refractivity contribution is 0.635. The topological polar surface area (TPSA) is 54.2 Å². The Bertz CT molecular complexity index is 763. The molecule has 5 nitrogen and oxygen atoms in total. The first-order valence-electron chi connectivity index (χ1n) is 8.53. The predicted molar refractivity (Wildman–Crippen MR) is 108 cm³/mol. The van der Waals surface area contributed by atoms with Gasteiger partial charge in [0.25, 0.3) is 0 Å². The van der Waals surface area contributed by atoms with Gasteiger partial charge in [-0.05, 0) is 62.9 Å². The summed E-state index contributed by atoms with van der Waals surface area (Å²) in [5.74, 6) is 0.814. The monoisotopic (exact) mass is 405 g/mol. The highest BCUT2D eigenvalue weighted by Gasteiger charge is 2.14. The zero-order valence-corrected chi connectivity index (χ0v) is 17.5. The maximum Gasteiger partial charge on any atom is 0.191 e. The zero-order chi connectivity index (χ0) is 18.6. The number of nitrogens with one attached hydrogen (secondary N) is 2. The molecule has 0 amide bonds. The number of aliphatic imine (C=N–C) groups is 1. The normalized spacial score (nSPS) is 13.0. The molecule has 1 aromatic heterocycles. The maximum atomic E-state index is 4.49. The van der Waals surface area contributed by atoms with Gasteiger partial charge in [0.2, 0.25) is 0 Å². The van der Waals surface area contributed by atoms with Crippen molar-refractivity contribution < 1.29 is 0 Å². The van der Waals surface area contributed by atoms with E-state index >= 15 is 0 Å². The molecule has 1 aromatic carbocycles. The molecule has 0 aliphatic rings. The summed E-state index contributed by atoms with van der Waals surface area (Å²) in [4.78, 5) is 4.35. The predicted octanol–water partition coefficient (Wildman–Crippen LogP) is 3.40. The van der Waals surface area contributed by atoms with Gasteiger partial charge in [-0.3, -0.25) is 9.67 Å². The van der Waals surface area contributed by atoms with Crippen LogP contribution >= 0.6 is 15.9 Å². The minimum absolute atomic E-state index is 0.263. The average Bonchev–Trinajstić information content (AvgIpc) is 2.79. The average molecular weight is 406 g/mol. The SMILES string of the molecule is CN=C(NCc1ccc(Br)cc1C)NC(C)Cc1c(C)nn(C)c1C. The van der Waals surface area contributed by atoms with Gasteiger partial charge in [-0.2, -0.15) is 5.10 Å². The van der Waals surface area contributed by atoms with Gasteiger partial charge in [-0.1, -0.05) is 22.0 Å². The molecule has 0 saturated carbocycles. The maximum absolute atomic E-state index is 4.49. The number of rotatable bonds is 5. The van der Waals surface area contributed by atoms with E-state index in [0.717, 1.165) is 29.1 Å². The van der Waals surface area contributed by atoms with E-state index in [1.807, 2.05) is 11.7 Å². The Balaban J connectivity index is 1.95. The van der Waals surface area contributed by atoms with Gasteiger partial charge in [0.05, 0.1) is 5.69 Å². The Morgan fingerprint density at radius 1 is 1.32 bits per heavy atom. The molecule has 1 unspecified atom stereocenters. The molecule has 2 rings (SSSR count). The summed E-state index contributed by atoms with van der Waals surface area (Å²) >= 11 is 3.50. The lowest BCUT2D eigenvalue weighted by Gasteiger charge is -2.19. The third kappa shape index (κ3) is 5.08. The molecule has 0 spiro atoms. The molecule has 0 aliphatic carbocycles. The van der Waals surface area contributed by atoms with Gasteiger partial charge >= 0.3 is 0 Å². The van der Waals surface area contributed by atoms with Crippen molar-refractivity contribution in [3.63, 3.8) is 0 Å². The minimum Gasteiger partial charge on any atom is -0.354 e. The van der Waals surface area contributed by atoms with Crippen molar-refractivity contribution in [1.29, 1.82) is 0 Å². The van der Waals surface area contributed by atoms with Gasteiger partial charge in [-0.25, -0.2) is 0 Å². The third-order valence-corrected chi connectivity index (χ3v) is 5.02. The molecule has 0 saturated heterocycles. The van der Waals surface area contributed by atoms with Crippen molar-refractivity contribution in [2.45, 2.75) is 46.7 Å². The number of aryl methyl sites for hydroxylation is 3. The fourth-order valence-corrected chi connectivity index (χ4v) is 3.41. The zero-order valence-electron chi connectivity index (χ0n) is 15.9. The molecule has 0 aliphatic heterocycles. The Kier molecular flexibility index (Phi) is 6.64. The number of halogens is 1. The van der Waals surface area contributed by atoms with Crippen LogP contribution in [0.4, 0.5) is 0 Å². The Hall–Kier alpha value is -1.82. The number of guanidine groups is 1. The van der Waals surface area contributed by atoms with E-state index in [1.165, 1.54) is 22.4 Å². The van der Waals surface area contributed by atoms with Gasteiger partial charge < -0.3 is 10.6 Å². The molecule has 0 bridgehead atoms. The van der Waals surface area contributed by atoms with Gasteiger partial charge in [-0.15, -0.1) is 0 Å². The lowest BCUT2D eigenvalue weighted by Crippen LogP contribution is -2.42. The summed E-state index contributed by atoms with van der Waals surface area (Å²) in [6.45, 7) is 9.22. The second-order valence-electron chi connectivity index (χ2n) is 6.52. The molecule has 1 atom stereocenters. The third-order valence-electron chi connectivity index (χ3n) is 4.53. The van der Waals surface area contributed by atoms with Crippen LogP contribution in [-0.2, 0) is 20.0 Å². The summed E-state index contributed by atoms with van der Waals surface area (Å²) in [6.07, 6.45) is 0.920. The highest BCUT2D eigenvalue weighted by atomic mass is 79.9. The van der Waals surface area contributed by atoms with Crippen molar-refractivity contribution in [3.8, 4) is 0 Å². The summed E-state index contributed by atoms with van der Waals surface area (Å²) in [5.41, 5.74) is 6.15. The minimum atomic E-state index is 0.263. The fourth-order valence-electron chi connectivity index (χ4n) is 2.93. The quantitative estimate of drug-likeness (QED) is 0.591. The molecule has 25 heavy (non-hydrogen) atoms. The van der Waals surface area contributed by atoms with Crippen LogP contribution in [0.25, 0.3) is 0 Å². The van der Waals surface area contributed by atoms with E-state index < -0.39 is 0 Å². The van der Waals surface area contributed by atoms with Crippen molar-refractivity contribution in [1.82, 2.24) is 20.4 Å². The van der Waals surface area contributed by atoms with Crippen LogP contribution in [0, 0.1) is 20.8 Å². The number of hydrogen-bond acceptors (Lipinski definition) is 2. The van der Waals surface area contributed by atoms with Crippen LogP contribution in [0.2, 0.25) is 0 Å². The van der Waals surface area contributed by atoms with E-state index in [1.54, 1.807) is 7.05 Å². The van der Waals surface area contributed by atoms with Crippen LogP contribution in [0.15, 0.2) is 27.7 Å². The second-order valence-corrected chi connectivity index (χ2v) is 7.43. The summed E-state index contributed by atoms with van der Waals surface area (Å²) < 4.78 is 3.05. The van der Waals surface area contributed by atoms with Crippen molar-refractivity contribution in [3.05, 3.63) is 50.8 Å². The van der Waals surface area contributed by atoms with E-state index in [0.29, 0.717) is 0 Å². The molecular formula is C19H28BrN5. The highest BCUT2D eigenvalue weighted by molar-refractivity contribution is 9.10. The van der Waals surface area contributed by atoms with Crippen LogP contribution in [0.3, 0.4) is 0 Å². The van der Waals surface area contributed by atoms with Crippen molar-refractivity contribution in [2.75, 3.05) is 7.05 Å². The molecule has 6 heteroatoms. The number of aromatic nitrogens is 2. The van der Waals surface area contributed by atoms with Crippen molar-refractivity contribution in [2.24, 2.45) is 12.0 Å². The van der Waals surface area contributed by atoms with E-state index in [4.69, 9.17) is 0 Å². The molecule has 1 heterocycles. The van der Waals surface area contributed by atoms with Crippen LogP contribution in [0.5, 0.6) is 0 Å². The van der Waals surface area contributed by atoms with Crippen LogP contribution in [-0.4, -0.2) is 28.8 Å². The van der Waals surface area contributed by atoms with Gasteiger partial charge in [0.15, 0.2) is 5.96 Å². The standard InChI is InChI=1S/C19H28BrN5/c1-12-9-17(20)8-7-16(12)11-22-19(21-5)23-13(2)10-18-14(3)24-25(6)15(18)4/h7-9,13H,10-11H2,1-6H3,(H2,21,22,23). The molecule has 0 radical (unpaired) electrons. The molecule has 0 fully saturated rings. The van der Waals surface area contributed by atoms with E-state index in [9.17, 15) is 0 Å². The van der Waals surface area contributed by atoms with E-state index in [-0.39, 0.29) is 6.04 Å². The molecular weight excluding hydrogens is 378 g/mol. The number of benzene rings is 1. The second kappa shape index (κ2) is 8.52. The largest absolute Gasteiger partial charge is 0.354 e. The Morgan fingerprint density at radius 3 is 2.60 bits per heavy atom. The first-order chi connectivity index (χ1) is 11.8. The first-order valence-corrected chi connectivity index (χ1v) is 9.32. The van der Waals surface area contributed by atoms with Crippen LogP contribution in [0.1, 0.15) is 35.0 Å². The molecule has 2 N–H and O–H groups in total. The van der Waals surface area contributed by atoms with Gasteiger partial charge in [0, 0.05) is 36.8 Å². The van der Waals surface area contributed by atoms with Crippen LogP contribution < -0.4 is 10.6 Å². The lowest BCUT2D eigenvalue weighted by atomic mass is 10.1. The summed E-state index contributed by atoms with van der Waals surface area (Å²) in [7, 11) is 3.79. The van der Waals surface area contributed by atoms with Crippen molar-refractivity contribution >= 4 is 21.9 Å². The Labute approximate surface area is 159 Å². The highest BCUT2D eigenvalue weighted by Crippen LogP contribution is 2.16. The Morgan fingerprint density at radius 2 is 2.04 bits per heavy atom. The smallest absolute Gasteiger partial charge is 0.191 e. The first kappa shape index (κ1) is 19.5. The van der Waals surface area contributed by atoms with Gasteiger partial charge in [0.1, 0.15) is 0 Å². The van der Waals surface area contributed by atoms with E-state index in [2.05, 4.69) is 82.5 Å². The molecule has 2 aromatic rings. The number of nitrogens with zero attached hydrogens (tertiary/aromatic N) is 3. The summed E-state index contributed by atoms with van der Waals surface area (Å²) in [5, 5.41) is 11.4. The molecule has 136 valence electrons. The summed E-state index contributed by atoms with van der Waals surface area (Å²) in [6, 6.07) is 6.59. The number of hydrogen-bond donors (Lipinski definition) is 2. The fraction of sp³-hybridized carbons (Fsp3) is 0.474.